The lowest BCUT2D eigenvalue weighted by molar-refractivity contribution is -0.116. The molecule has 0 unspecified atom stereocenters. The van der Waals surface area contributed by atoms with Crippen molar-refractivity contribution < 1.29 is 14.7 Å². The number of rotatable bonds is 5. The van der Waals surface area contributed by atoms with Gasteiger partial charge in [0, 0.05) is 5.69 Å². The normalized spacial score (nSPS) is 10.2. The molecule has 0 fully saturated rings. The fourth-order valence-electron chi connectivity index (χ4n) is 1.65. The lowest BCUT2D eigenvalue weighted by atomic mass is 10.1. The second kappa shape index (κ2) is 5.96. The minimum Gasteiger partial charge on any atom is -0.476 e. The number of carbonyl (C=O) groups is 2. The average molecular weight is 274 g/mol. The Labute approximate surface area is 115 Å². The van der Waals surface area contributed by atoms with Gasteiger partial charge in [0.05, 0.1) is 6.20 Å². The monoisotopic (exact) mass is 274 g/mol. The van der Waals surface area contributed by atoms with E-state index in [1.807, 2.05) is 24.3 Å². The fraction of sp³-hybridized carbons (Fsp3) is 0.231. The molecule has 0 saturated heterocycles. The number of anilines is 1. The first kappa shape index (κ1) is 13.7. The van der Waals surface area contributed by atoms with E-state index in [0.29, 0.717) is 5.69 Å². The van der Waals surface area contributed by atoms with E-state index in [4.69, 9.17) is 5.11 Å². The molecule has 20 heavy (non-hydrogen) atoms. The highest BCUT2D eigenvalue weighted by Crippen LogP contribution is 2.09. The molecule has 0 atom stereocenters. The Kier molecular flexibility index (Phi) is 4.09. The van der Waals surface area contributed by atoms with Gasteiger partial charge in [-0.2, -0.15) is 0 Å². The van der Waals surface area contributed by atoms with Gasteiger partial charge >= 0.3 is 5.97 Å². The maximum Gasteiger partial charge on any atom is 0.358 e. The number of aromatic carboxylic acids is 1. The number of benzene rings is 1. The highest BCUT2D eigenvalue weighted by molar-refractivity contribution is 5.90. The van der Waals surface area contributed by atoms with Crippen LogP contribution >= 0.6 is 0 Å². The standard InChI is InChI=1S/C13H14N4O3/c1-2-9-3-5-10(6-4-9)14-12(18)8-17-7-11(13(19)20)15-16-17/h3-7H,2,8H2,1H3,(H,14,18)(H,19,20). The fourth-order valence-corrected chi connectivity index (χ4v) is 1.65. The van der Waals surface area contributed by atoms with E-state index in [-0.39, 0.29) is 18.1 Å². The average Bonchev–Trinajstić information content (AvgIpc) is 2.88. The van der Waals surface area contributed by atoms with Crippen LogP contribution < -0.4 is 5.32 Å². The number of carbonyl (C=O) groups excluding carboxylic acids is 1. The minimum atomic E-state index is -1.17. The van der Waals surface area contributed by atoms with Crippen LogP contribution in [-0.4, -0.2) is 32.0 Å². The Morgan fingerprint density at radius 3 is 2.55 bits per heavy atom. The van der Waals surface area contributed by atoms with Gasteiger partial charge in [-0.15, -0.1) is 5.10 Å². The zero-order chi connectivity index (χ0) is 14.5. The maximum atomic E-state index is 11.8. The lowest BCUT2D eigenvalue weighted by Crippen LogP contribution is -2.19. The Bertz CT molecular complexity index is 619. The second-order valence-corrected chi connectivity index (χ2v) is 4.21. The first-order chi connectivity index (χ1) is 9.58. The molecule has 1 heterocycles. The summed E-state index contributed by atoms with van der Waals surface area (Å²) in [5, 5.41) is 18.4. The van der Waals surface area contributed by atoms with E-state index in [9.17, 15) is 9.59 Å². The van der Waals surface area contributed by atoms with Gasteiger partial charge < -0.3 is 10.4 Å². The van der Waals surface area contributed by atoms with Crippen LogP contribution in [0.2, 0.25) is 0 Å². The third-order valence-electron chi connectivity index (χ3n) is 2.71. The van der Waals surface area contributed by atoms with Crippen molar-refractivity contribution in [1.82, 2.24) is 15.0 Å². The molecule has 0 radical (unpaired) electrons. The molecule has 0 aliphatic carbocycles. The number of carboxylic acids is 1. The third kappa shape index (κ3) is 3.41. The first-order valence-corrected chi connectivity index (χ1v) is 6.10. The molecule has 0 bridgehead atoms. The van der Waals surface area contributed by atoms with Gasteiger partial charge in [0.15, 0.2) is 5.69 Å². The van der Waals surface area contributed by atoms with Crippen LogP contribution in [0.4, 0.5) is 5.69 Å². The van der Waals surface area contributed by atoms with Crippen molar-refractivity contribution >= 4 is 17.6 Å². The van der Waals surface area contributed by atoms with Gasteiger partial charge in [-0.25, -0.2) is 9.48 Å². The van der Waals surface area contributed by atoms with Gasteiger partial charge in [-0.1, -0.05) is 24.3 Å². The van der Waals surface area contributed by atoms with Crippen molar-refractivity contribution in [2.75, 3.05) is 5.32 Å². The molecule has 1 amide bonds. The van der Waals surface area contributed by atoms with Crippen LogP contribution in [0, 0.1) is 0 Å². The van der Waals surface area contributed by atoms with Crippen molar-refractivity contribution in [1.29, 1.82) is 0 Å². The number of carboxylic acid groups (broad SMARTS) is 1. The lowest BCUT2D eigenvalue weighted by Gasteiger charge is -2.05. The van der Waals surface area contributed by atoms with E-state index in [2.05, 4.69) is 22.6 Å². The molecular formula is C13H14N4O3. The number of nitrogens with zero attached hydrogens (tertiary/aromatic N) is 3. The van der Waals surface area contributed by atoms with Crippen LogP contribution in [0.3, 0.4) is 0 Å². The van der Waals surface area contributed by atoms with Crippen molar-refractivity contribution in [3.05, 3.63) is 41.7 Å². The van der Waals surface area contributed by atoms with E-state index >= 15 is 0 Å². The molecule has 0 spiro atoms. The summed E-state index contributed by atoms with van der Waals surface area (Å²) in [5.74, 6) is -1.47. The predicted octanol–water partition coefficient (Wildman–Crippen LogP) is 1.18. The van der Waals surface area contributed by atoms with Gasteiger partial charge in [-0.3, -0.25) is 4.79 Å². The van der Waals surface area contributed by atoms with E-state index in [1.54, 1.807) is 0 Å². The van der Waals surface area contributed by atoms with Crippen LogP contribution in [0.1, 0.15) is 23.0 Å². The molecule has 7 heteroatoms. The number of amides is 1. The summed E-state index contributed by atoms with van der Waals surface area (Å²) in [6, 6.07) is 7.52. The highest BCUT2D eigenvalue weighted by atomic mass is 16.4. The van der Waals surface area contributed by atoms with E-state index in [1.165, 1.54) is 16.4 Å². The van der Waals surface area contributed by atoms with Gasteiger partial charge in [0.1, 0.15) is 6.54 Å². The van der Waals surface area contributed by atoms with Crippen molar-refractivity contribution in [3.8, 4) is 0 Å². The summed E-state index contributed by atoms with van der Waals surface area (Å²) in [5.41, 5.74) is 1.68. The maximum absolute atomic E-state index is 11.8. The van der Waals surface area contributed by atoms with Gasteiger partial charge in [0.2, 0.25) is 5.91 Å². The van der Waals surface area contributed by atoms with Crippen molar-refractivity contribution in [3.63, 3.8) is 0 Å². The summed E-state index contributed by atoms with van der Waals surface area (Å²) in [7, 11) is 0. The smallest absolute Gasteiger partial charge is 0.358 e. The molecule has 0 aliphatic heterocycles. The zero-order valence-corrected chi connectivity index (χ0v) is 10.9. The molecule has 1 aromatic heterocycles. The zero-order valence-electron chi connectivity index (χ0n) is 10.9. The third-order valence-corrected chi connectivity index (χ3v) is 2.71. The quantitative estimate of drug-likeness (QED) is 0.853. The second-order valence-electron chi connectivity index (χ2n) is 4.21. The molecule has 2 aromatic rings. The molecular weight excluding hydrogens is 260 g/mol. The largest absolute Gasteiger partial charge is 0.476 e. The van der Waals surface area contributed by atoms with Crippen molar-refractivity contribution in [2.24, 2.45) is 0 Å². The number of aromatic nitrogens is 3. The summed E-state index contributed by atoms with van der Waals surface area (Å²) in [6.45, 7) is 1.97. The number of hydrogen-bond acceptors (Lipinski definition) is 4. The predicted molar refractivity (Wildman–Crippen MR) is 71.4 cm³/mol. The highest BCUT2D eigenvalue weighted by Gasteiger charge is 2.10. The molecule has 2 N–H and O–H groups in total. The Hall–Kier alpha value is -2.70. The first-order valence-electron chi connectivity index (χ1n) is 6.10. The van der Waals surface area contributed by atoms with Crippen LogP contribution in [0.25, 0.3) is 0 Å². The van der Waals surface area contributed by atoms with Crippen LogP contribution in [0.5, 0.6) is 0 Å². The van der Waals surface area contributed by atoms with E-state index < -0.39 is 5.97 Å². The van der Waals surface area contributed by atoms with Gasteiger partial charge in [0.25, 0.3) is 0 Å². The summed E-state index contributed by atoms with van der Waals surface area (Å²) in [6.07, 6.45) is 2.15. The van der Waals surface area contributed by atoms with Crippen LogP contribution in [0.15, 0.2) is 30.5 Å². The Balaban J connectivity index is 1.95. The SMILES string of the molecule is CCc1ccc(NC(=O)Cn2cc(C(=O)O)nn2)cc1. The van der Waals surface area contributed by atoms with E-state index in [0.717, 1.165) is 6.42 Å². The number of aryl methyl sites for hydroxylation is 1. The van der Waals surface area contributed by atoms with Crippen LogP contribution in [-0.2, 0) is 17.8 Å². The molecule has 1 aromatic carbocycles. The number of hydrogen-bond donors (Lipinski definition) is 2. The van der Waals surface area contributed by atoms with Gasteiger partial charge in [-0.05, 0) is 24.1 Å². The Morgan fingerprint density at radius 2 is 2.00 bits per heavy atom. The molecule has 2 rings (SSSR count). The van der Waals surface area contributed by atoms with Crippen molar-refractivity contribution in [2.45, 2.75) is 19.9 Å². The summed E-state index contributed by atoms with van der Waals surface area (Å²) >= 11 is 0. The topological polar surface area (TPSA) is 97.1 Å². The Morgan fingerprint density at radius 1 is 1.30 bits per heavy atom. The minimum absolute atomic E-state index is 0.0875. The summed E-state index contributed by atoms with van der Waals surface area (Å²) in [4.78, 5) is 22.4. The molecule has 0 aliphatic rings. The molecule has 104 valence electrons. The molecule has 0 saturated carbocycles. The summed E-state index contributed by atoms with van der Waals surface area (Å²) < 4.78 is 1.18. The number of nitrogens with one attached hydrogen (secondary N) is 1. The molecule has 7 nitrogen and oxygen atoms in total.